The molecule has 0 spiro atoms. The Balaban J connectivity index is 5.51. The third kappa shape index (κ3) is 16.9. The van der Waals surface area contributed by atoms with Crippen LogP contribution in [0, 0.1) is 5.92 Å². The Hall–Kier alpha value is -3.33. The van der Waals surface area contributed by atoms with E-state index < -0.39 is 79.1 Å². The highest BCUT2D eigenvalue weighted by atomic mass is 16.4. The summed E-state index contributed by atoms with van der Waals surface area (Å²) in [6.07, 6.45) is 5.17. The average molecular weight is 670 g/mol. The number of carbonyl (C=O) groups excluding carboxylic acids is 4. The van der Waals surface area contributed by atoms with Crippen molar-refractivity contribution in [1.29, 1.82) is 0 Å². The van der Waals surface area contributed by atoms with Crippen molar-refractivity contribution < 1.29 is 44.4 Å². The number of carbonyl (C=O) groups is 5. The predicted octanol–water partition coefficient (Wildman–Crippen LogP) is 0.605. The van der Waals surface area contributed by atoms with Gasteiger partial charge in [-0.2, -0.15) is 0 Å². The number of likely N-dealkylation sites (N-methyl/N-ethyl adjacent to an activating group) is 1. The number of amides is 4. The standard InChI is InChI=1S/C33H59N5O9/c1-9-10-11-12-13-14-15-26(41)22(6)33(47)38(8)24(16-20(2)3)17-34-28(21(4)5)32(46)36-25(19-39)30(44)37-29(23(7)40)31(45)35-18-27(42)43/h22-26,28-29,34,39-41H,2,4,9-19H2,1,3,5-8H3,(H,35,45)(H,36,46)(H,37,44)(H,42,43)/t22?,23-,24-,25-,26?,28-,29-/m0/s1. The molecule has 0 radical (unpaired) electrons. The van der Waals surface area contributed by atoms with Crippen LogP contribution in [0.3, 0.4) is 0 Å². The van der Waals surface area contributed by atoms with Crippen molar-refractivity contribution in [2.45, 2.75) is 122 Å². The van der Waals surface area contributed by atoms with E-state index in [4.69, 9.17) is 5.11 Å². The summed E-state index contributed by atoms with van der Waals surface area (Å²) in [5.74, 6) is -4.89. The van der Waals surface area contributed by atoms with Crippen LogP contribution in [0.5, 0.6) is 0 Å². The molecule has 4 amide bonds. The van der Waals surface area contributed by atoms with Crippen molar-refractivity contribution in [2.24, 2.45) is 5.92 Å². The van der Waals surface area contributed by atoms with E-state index in [-0.39, 0.29) is 12.5 Å². The van der Waals surface area contributed by atoms with Gasteiger partial charge in [0.25, 0.3) is 0 Å². The highest BCUT2D eigenvalue weighted by Crippen LogP contribution is 2.18. The normalized spacial score (nSPS) is 15.6. The van der Waals surface area contributed by atoms with E-state index >= 15 is 0 Å². The Morgan fingerprint density at radius 3 is 1.98 bits per heavy atom. The lowest BCUT2D eigenvalue weighted by Gasteiger charge is -2.33. The smallest absolute Gasteiger partial charge is 0.322 e. The number of aliphatic carboxylic acids is 1. The van der Waals surface area contributed by atoms with Crippen LogP contribution in [0.4, 0.5) is 0 Å². The Bertz CT molecular complexity index is 1050. The van der Waals surface area contributed by atoms with Crippen molar-refractivity contribution >= 4 is 29.6 Å². The molecule has 14 heteroatoms. The van der Waals surface area contributed by atoms with Gasteiger partial charge in [-0.3, -0.25) is 24.0 Å². The van der Waals surface area contributed by atoms with Crippen LogP contribution in [0.1, 0.15) is 86.0 Å². The van der Waals surface area contributed by atoms with E-state index in [9.17, 15) is 39.3 Å². The van der Waals surface area contributed by atoms with Gasteiger partial charge in [-0.25, -0.2) is 0 Å². The zero-order valence-electron chi connectivity index (χ0n) is 29.0. The van der Waals surface area contributed by atoms with Gasteiger partial charge >= 0.3 is 5.97 Å². The molecule has 0 aromatic heterocycles. The second kappa shape index (κ2) is 23.1. The van der Waals surface area contributed by atoms with E-state index in [0.717, 1.165) is 37.7 Å². The second-order valence-electron chi connectivity index (χ2n) is 12.4. The lowest BCUT2D eigenvalue weighted by atomic mass is 9.96. The fourth-order valence-electron chi connectivity index (χ4n) is 4.92. The maximum atomic E-state index is 13.4. The van der Waals surface area contributed by atoms with Gasteiger partial charge in [-0.1, -0.05) is 70.1 Å². The molecule has 14 nitrogen and oxygen atoms in total. The number of aliphatic hydroxyl groups excluding tert-OH is 3. The zero-order valence-corrected chi connectivity index (χ0v) is 29.0. The first kappa shape index (κ1) is 43.7. The molecule has 0 fully saturated rings. The minimum absolute atomic E-state index is 0.129. The number of carboxylic acids is 1. The van der Waals surface area contributed by atoms with Crippen molar-refractivity contribution in [2.75, 3.05) is 26.7 Å². The van der Waals surface area contributed by atoms with Crippen LogP contribution in [-0.4, -0.2) is 118 Å². The van der Waals surface area contributed by atoms with Gasteiger partial charge in [0.2, 0.25) is 23.6 Å². The molecule has 0 aliphatic heterocycles. The molecule has 47 heavy (non-hydrogen) atoms. The topological polar surface area (TPSA) is 218 Å². The Kier molecular flexibility index (Phi) is 21.4. The van der Waals surface area contributed by atoms with Gasteiger partial charge in [0.05, 0.1) is 24.7 Å². The Morgan fingerprint density at radius 1 is 0.872 bits per heavy atom. The number of hydrogen-bond donors (Lipinski definition) is 8. The number of nitrogens with zero attached hydrogens (tertiary/aromatic N) is 1. The summed E-state index contributed by atoms with van der Waals surface area (Å²) in [5.41, 5.74) is 1.17. The molecule has 0 aromatic carbocycles. The summed E-state index contributed by atoms with van der Waals surface area (Å²) in [5, 5.41) is 49.1. The van der Waals surface area contributed by atoms with Crippen LogP contribution in [0.2, 0.25) is 0 Å². The molecule has 0 aromatic rings. The number of carboxylic acid groups (broad SMARTS) is 1. The quantitative estimate of drug-likeness (QED) is 0.0500. The SMILES string of the molecule is C=C(C)C[C@@H](CN[C@@H](C(=C)C)C(=O)N[C@@H](CO)C(=O)N[C@H](C(=O)NCC(=O)O)[C@H](C)O)N(C)C(=O)C(C)C(O)CCCCCCCC. The van der Waals surface area contributed by atoms with Crippen molar-refractivity contribution in [3.63, 3.8) is 0 Å². The first-order valence-electron chi connectivity index (χ1n) is 16.3. The summed E-state index contributed by atoms with van der Waals surface area (Å²) < 4.78 is 0. The van der Waals surface area contributed by atoms with E-state index in [0.29, 0.717) is 18.4 Å². The first-order valence-corrected chi connectivity index (χ1v) is 16.3. The molecular weight excluding hydrogens is 610 g/mol. The molecule has 0 saturated heterocycles. The van der Waals surface area contributed by atoms with Crippen molar-refractivity contribution in [1.82, 2.24) is 26.2 Å². The average Bonchev–Trinajstić information content (AvgIpc) is 3.00. The maximum Gasteiger partial charge on any atom is 0.322 e. The lowest BCUT2D eigenvalue weighted by Crippen LogP contribution is -2.60. The largest absolute Gasteiger partial charge is 0.480 e. The van der Waals surface area contributed by atoms with Gasteiger partial charge in [0.1, 0.15) is 24.7 Å². The van der Waals surface area contributed by atoms with Crippen molar-refractivity contribution in [3.05, 3.63) is 24.3 Å². The summed E-state index contributed by atoms with van der Waals surface area (Å²) in [7, 11) is 1.64. The van der Waals surface area contributed by atoms with Crippen LogP contribution >= 0.6 is 0 Å². The Morgan fingerprint density at radius 2 is 1.47 bits per heavy atom. The van der Waals surface area contributed by atoms with E-state index in [2.05, 4.69) is 41.3 Å². The molecular formula is C33H59N5O9. The molecule has 0 saturated carbocycles. The van der Waals surface area contributed by atoms with E-state index in [1.54, 1.807) is 25.8 Å². The molecule has 0 heterocycles. The zero-order chi connectivity index (χ0) is 36.3. The molecule has 0 rings (SSSR count). The molecule has 270 valence electrons. The molecule has 2 unspecified atom stereocenters. The van der Waals surface area contributed by atoms with Crippen LogP contribution in [0.25, 0.3) is 0 Å². The van der Waals surface area contributed by atoms with Crippen LogP contribution < -0.4 is 21.3 Å². The van der Waals surface area contributed by atoms with Gasteiger partial charge in [0.15, 0.2) is 0 Å². The summed E-state index contributed by atoms with van der Waals surface area (Å²) in [6.45, 7) is 14.8. The lowest BCUT2D eigenvalue weighted by molar-refractivity contribution is -0.140. The fourth-order valence-corrected chi connectivity index (χ4v) is 4.92. The molecule has 8 N–H and O–H groups in total. The number of aliphatic hydroxyl groups is 3. The molecule has 7 atom stereocenters. The summed E-state index contributed by atoms with van der Waals surface area (Å²) in [4.78, 5) is 64.1. The highest BCUT2D eigenvalue weighted by molar-refractivity contribution is 5.94. The third-order valence-corrected chi connectivity index (χ3v) is 7.90. The summed E-state index contributed by atoms with van der Waals surface area (Å²) in [6, 6.07) is -4.56. The monoisotopic (exact) mass is 669 g/mol. The highest BCUT2D eigenvalue weighted by Gasteiger charge is 2.33. The van der Waals surface area contributed by atoms with Gasteiger partial charge < -0.3 is 46.6 Å². The Labute approximate surface area is 279 Å². The van der Waals surface area contributed by atoms with Gasteiger partial charge in [-0.05, 0) is 33.6 Å². The maximum absolute atomic E-state index is 13.4. The van der Waals surface area contributed by atoms with Gasteiger partial charge in [0, 0.05) is 19.6 Å². The van der Waals surface area contributed by atoms with Crippen LogP contribution in [0.15, 0.2) is 24.3 Å². The first-order chi connectivity index (χ1) is 22.0. The second-order valence-corrected chi connectivity index (χ2v) is 12.4. The number of unbranched alkanes of at least 4 members (excludes halogenated alkanes) is 5. The van der Waals surface area contributed by atoms with Crippen molar-refractivity contribution in [3.8, 4) is 0 Å². The summed E-state index contributed by atoms with van der Waals surface area (Å²) >= 11 is 0. The predicted molar refractivity (Wildman–Crippen MR) is 179 cm³/mol. The minimum atomic E-state index is -1.55. The number of nitrogens with one attached hydrogen (secondary N) is 4. The van der Waals surface area contributed by atoms with Gasteiger partial charge in [-0.15, -0.1) is 6.58 Å². The van der Waals surface area contributed by atoms with E-state index in [1.807, 2.05) is 6.92 Å². The van der Waals surface area contributed by atoms with Crippen LogP contribution in [-0.2, 0) is 24.0 Å². The number of hydrogen-bond acceptors (Lipinski definition) is 9. The fraction of sp³-hybridized carbons (Fsp3) is 0.727. The molecule has 0 aliphatic rings. The van der Waals surface area contributed by atoms with E-state index in [1.165, 1.54) is 13.3 Å². The third-order valence-electron chi connectivity index (χ3n) is 7.90. The minimum Gasteiger partial charge on any atom is -0.480 e. The number of rotatable bonds is 25. The molecule has 0 bridgehead atoms. The molecule has 0 aliphatic carbocycles.